The summed E-state index contributed by atoms with van der Waals surface area (Å²) in [6, 6.07) is 7.04. The zero-order valence-corrected chi connectivity index (χ0v) is 25.2. The predicted octanol–water partition coefficient (Wildman–Crippen LogP) is 4.10. The van der Waals surface area contributed by atoms with Crippen LogP contribution in [-0.4, -0.2) is 84.9 Å². The first-order chi connectivity index (χ1) is 20.4. The van der Waals surface area contributed by atoms with E-state index >= 15 is 0 Å². The van der Waals surface area contributed by atoms with Crippen molar-refractivity contribution in [2.75, 3.05) is 49.2 Å². The number of anilines is 2. The Morgan fingerprint density at radius 2 is 1.79 bits per heavy atom. The molecule has 4 rings (SSSR count). The van der Waals surface area contributed by atoms with E-state index in [9.17, 15) is 19.5 Å². The molecule has 2 amide bonds. The van der Waals surface area contributed by atoms with Gasteiger partial charge in [-0.25, -0.2) is 0 Å². The van der Waals surface area contributed by atoms with Gasteiger partial charge >= 0.3 is 5.97 Å². The highest BCUT2D eigenvalue weighted by Crippen LogP contribution is 2.59. The molecule has 1 aromatic rings. The lowest BCUT2D eigenvalue weighted by molar-refractivity contribution is -0.155. The van der Waals surface area contributed by atoms with E-state index in [4.69, 9.17) is 9.47 Å². The van der Waals surface area contributed by atoms with Crippen LogP contribution in [0, 0.1) is 11.8 Å². The summed E-state index contributed by atoms with van der Waals surface area (Å²) in [6.45, 7) is 14.5. The second-order valence-corrected chi connectivity index (χ2v) is 11.4. The Balaban J connectivity index is 1.66. The van der Waals surface area contributed by atoms with Crippen molar-refractivity contribution in [3.63, 3.8) is 0 Å². The summed E-state index contributed by atoms with van der Waals surface area (Å²) in [7, 11) is 0. The number of unbranched alkanes of at least 4 members (excludes halogenated alkanes) is 3. The van der Waals surface area contributed by atoms with Crippen molar-refractivity contribution in [1.29, 1.82) is 0 Å². The molecule has 1 spiro atoms. The number of amides is 2. The van der Waals surface area contributed by atoms with Crippen LogP contribution in [0.25, 0.3) is 0 Å². The summed E-state index contributed by atoms with van der Waals surface area (Å²) in [5.74, 6) is -2.36. The SMILES string of the molecule is C=CCCOC(=O)[C@@H]1[C@H]2C(=O)N(CCCCCCO)C(C(=O)N(CC=C)c3ccc(N(CC)CC)cc3)C23CC[C@H]1O3. The quantitative estimate of drug-likeness (QED) is 0.168. The third kappa shape index (κ3) is 5.99. The molecule has 5 atom stereocenters. The number of esters is 1. The molecule has 0 saturated carbocycles. The van der Waals surface area contributed by atoms with Crippen LogP contribution in [0.2, 0.25) is 0 Å². The lowest BCUT2D eigenvalue weighted by Gasteiger charge is -2.37. The first-order valence-corrected chi connectivity index (χ1v) is 15.5. The molecule has 3 fully saturated rings. The van der Waals surface area contributed by atoms with E-state index in [0.29, 0.717) is 38.6 Å². The van der Waals surface area contributed by atoms with Gasteiger partial charge in [0.05, 0.1) is 24.5 Å². The van der Waals surface area contributed by atoms with Gasteiger partial charge in [-0.2, -0.15) is 0 Å². The molecule has 0 aromatic heterocycles. The van der Waals surface area contributed by atoms with Crippen LogP contribution >= 0.6 is 0 Å². The average Bonchev–Trinajstić information content (AvgIpc) is 3.64. The number of benzene rings is 1. The van der Waals surface area contributed by atoms with Crippen LogP contribution < -0.4 is 9.80 Å². The first kappa shape index (κ1) is 31.8. The molecule has 9 heteroatoms. The Kier molecular flexibility index (Phi) is 10.8. The smallest absolute Gasteiger partial charge is 0.312 e. The predicted molar refractivity (Wildman–Crippen MR) is 163 cm³/mol. The van der Waals surface area contributed by atoms with Crippen molar-refractivity contribution in [3.8, 4) is 0 Å². The number of carbonyl (C=O) groups excluding carboxylic acids is 3. The molecular formula is C33H47N3O6. The van der Waals surface area contributed by atoms with E-state index in [-0.39, 0.29) is 31.6 Å². The maximum atomic E-state index is 14.6. The largest absolute Gasteiger partial charge is 0.465 e. The molecule has 2 unspecified atom stereocenters. The molecule has 1 aromatic carbocycles. The molecule has 1 N–H and O–H groups in total. The molecule has 2 bridgehead atoms. The van der Waals surface area contributed by atoms with Gasteiger partial charge in [-0.3, -0.25) is 14.4 Å². The zero-order chi connectivity index (χ0) is 30.3. The Bertz CT molecular complexity index is 1120. The van der Waals surface area contributed by atoms with Gasteiger partial charge in [0, 0.05) is 44.2 Å². The number of aliphatic hydroxyl groups excluding tert-OH is 1. The summed E-state index contributed by atoms with van der Waals surface area (Å²) >= 11 is 0. The number of ether oxygens (including phenoxy) is 2. The normalized spacial score (nSPS) is 25.8. The molecule has 230 valence electrons. The molecule has 9 nitrogen and oxygen atoms in total. The molecule has 3 aliphatic rings. The molecule has 0 aliphatic carbocycles. The van der Waals surface area contributed by atoms with Crippen molar-refractivity contribution in [3.05, 3.63) is 49.6 Å². The second-order valence-electron chi connectivity index (χ2n) is 11.4. The zero-order valence-electron chi connectivity index (χ0n) is 25.2. The minimum absolute atomic E-state index is 0.128. The van der Waals surface area contributed by atoms with E-state index in [1.54, 1.807) is 22.0 Å². The summed E-state index contributed by atoms with van der Waals surface area (Å²) in [5.41, 5.74) is 0.718. The minimum Gasteiger partial charge on any atom is -0.465 e. The second kappa shape index (κ2) is 14.3. The topological polar surface area (TPSA) is 99.6 Å². The molecular weight excluding hydrogens is 534 g/mol. The lowest BCUT2D eigenvalue weighted by atomic mass is 9.70. The van der Waals surface area contributed by atoms with Crippen molar-refractivity contribution in [1.82, 2.24) is 4.90 Å². The fourth-order valence-electron chi connectivity index (χ4n) is 7.06. The lowest BCUT2D eigenvalue weighted by Crippen LogP contribution is -2.56. The summed E-state index contributed by atoms with van der Waals surface area (Å²) in [5, 5.41) is 9.18. The maximum Gasteiger partial charge on any atom is 0.312 e. The van der Waals surface area contributed by atoms with Gasteiger partial charge in [0.15, 0.2) is 0 Å². The number of carbonyl (C=O) groups is 3. The van der Waals surface area contributed by atoms with Gasteiger partial charge in [-0.05, 0) is 70.2 Å². The Labute approximate surface area is 250 Å². The summed E-state index contributed by atoms with van der Waals surface area (Å²) in [6.07, 6.45) is 7.63. The van der Waals surface area contributed by atoms with Crippen LogP contribution in [0.4, 0.5) is 11.4 Å². The number of rotatable bonds is 17. The van der Waals surface area contributed by atoms with Crippen LogP contribution in [0.5, 0.6) is 0 Å². The highest BCUT2D eigenvalue weighted by atomic mass is 16.6. The average molecular weight is 582 g/mol. The highest BCUT2D eigenvalue weighted by molar-refractivity contribution is 6.04. The Morgan fingerprint density at radius 1 is 1.10 bits per heavy atom. The molecule has 3 aliphatic heterocycles. The van der Waals surface area contributed by atoms with Gasteiger partial charge in [0.25, 0.3) is 5.91 Å². The van der Waals surface area contributed by atoms with Crippen molar-refractivity contribution >= 4 is 29.2 Å². The van der Waals surface area contributed by atoms with Gasteiger partial charge < -0.3 is 29.3 Å². The van der Waals surface area contributed by atoms with Gasteiger partial charge in [-0.1, -0.05) is 25.0 Å². The molecule has 3 saturated heterocycles. The first-order valence-electron chi connectivity index (χ1n) is 15.5. The Hall–Kier alpha value is -3.17. The van der Waals surface area contributed by atoms with Crippen molar-refractivity contribution < 1.29 is 29.0 Å². The molecule has 3 heterocycles. The van der Waals surface area contributed by atoms with Gasteiger partial charge in [0.1, 0.15) is 11.6 Å². The number of hydrogen-bond acceptors (Lipinski definition) is 7. The van der Waals surface area contributed by atoms with Gasteiger partial charge in [-0.15, -0.1) is 13.2 Å². The third-order valence-corrected chi connectivity index (χ3v) is 9.05. The molecule has 42 heavy (non-hydrogen) atoms. The number of hydrogen-bond donors (Lipinski definition) is 1. The van der Waals surface area contributed by atoms with E-state index < -0.39 is 35.6 Å². The van der Waals surface area contributed by atoms with Gasteiger partial charge in [0.2, 0.25) is 5.91 Å². The van der Waals surface area contributed by atoms with Crippen molar-refractivity contribution in [2.24, 2.45) is 11.8 Å². The van der Waals surface area contributed by atoms with Crippen LogP contribution in [-0.2, 0) is 23.9 Å². The van der Waals surface area contributed by atoms with Crippen molar-refractivity contribution in [2.45, 2.75) is 76.5 Å². The van der Waals surface area contributed by atoms with E-state index in [2.05, 4.69) is 31.9 Å². The monoisotopic (exact) mass is 581 g/mol. The number of aliphatic hydroxyl groups is 1. The fraction of sp³-hybridized carbons (Fsp3) is 0.606. The molecule has 0 radical (unpaired) electrons. The fourth-order valence-corrected chi connectivity index (χ4v) is 7.06. The summed E-state index contributed by atoms with van der Waals surface area (Å²) < 4.78 is 12.1. The number of nitrogens with zero attached hydrogens (tertiary/aromatic N) is 3. The van der Waals surface area contributed by atoms with E-state index in [1.807, 2.05) is 24.3 Å². The van der Waals surface area contributed by atoms with E-state index in [0.717, 1.165) is 37.3 Å². The number of fused-ring (bicyclic) bond motifs is 1. The third-order valence-electron chi connectivity index (χ3n) is 9.05. The summed E-state index contributed by atoms with van der Waals surface area (Å²) in [4.78, 5) is 47.6. The Morgan fingerprint density at radius 3 is 2.43 bits per heavy atom. The highest BCUT2D eigenvalue weighted by Gasteiger charge is 2.75. The van der Waals surface area contributed by atoms with Crippen LogP contribution in [0.15, 0.2) is 49.6 Å². The van der Waals surface area contributed by atoms with Crippen LogP contribution in [0.3, 0.4) is 0 Å². The van der Waals surface area contributed by atoms with Crippen LogP contribution in [0.1, 0.15) is 58.8 Å². The maximum absolute atomic E-state index is 14.6. The van der Waals surface area contributed by atoms with E-state index in [1.165, 1.54) is 0 Å². The standard InChI is InChI=1S/C33H47N3O6/c1-5-9-23-41-32(40)27-26-18-19-33(42-26)28(27)30(38)36(21-12-10-11-13-22-37)29(33)31(39)35(20-6-2)25-16-14-24(15-17-25)34(7-3)8-4/h5-6,14-17,26-29,37H,1-2,7-13,18-23H2,3-4H3/t26-,27+,28+,29?,33?/m1/s1. The number of likely N-dealkylation sites (tertiary alicyclic amines) is 1. The minimum atomic E-state index is -1.08.